The Morgan fingerprint density at radius 1 is 1.67 bits per heavy atom. The Bertz CT molecular complexity index is 311. The summed E-state index contributed by atoms with van der Waals surface area (Å²) in [5.74, 6) is 1.92. The molecule has 3 rings (SSSR count). The van der Waals surface area contributed by atoms with Gasteiger partial charge in [0.1, 0.15) is 5.82 Å². The minimum absolute atomic E-state index is 0.394. The van der Waals surface area contributed by atoms with Crippen molar-refractivity contribution in [3.05, 3.63) is 18.2 Å². The van der Waals surface area contributed by atoms with E-state index in [4.69, 9.17) is 0 Å². The Kier molecular flexibility index (Phi) is 1.06. The first kappa shape index (κ1) is 6.66. The van der Waals surface area contributed by atoms with E-state index in [0.29, 0.717) is 11.5 Å². The molecule has 1 atom stereocenters. The second-order valence-electron chi connectivity index (χ2n) is 4.09. The normalized spacial score (nSPS) is 30.2. The molecule has 1 N–H and O–H groups in total. The molecular weight excluding hydrogens is 150 g/mol. The van der Waals surface area contributed by atoms with Crippen LogP contribution in [0.4, 0.5) is 0 Å². The van der Waals surface area contributed by atoms with E-state index in [9.17, 15) is 0 Å². The van der Waals surface area contributed by atoms with Crippen molar-refractivity contribution in [3.8, 4) is 0 Å². The van der Waals surface area contributed by atoms with Crippen molar-refractivity contribution in [3.63, 3.8) is 0 Å². The molecule has 1 saturated heterocycles. The Morgan fingerprint density at radius 2 is 2.50 bits per heavy atom. The van der Waals surface area contributed by atoms with Gasteiger partial charge in [-0.1, -0.05) is 6.92 Å². The van der Waals surface area contributed by atoms with E-state index in [-0.39, 0.29) is 0 Å². The number of imidazole rings is 1. The van der Waals surface area contributed by atoms with E-state index in [2.05, 4.69) is 28.0 Å². The molecule has 0 aromatic carbocycles. The van der Waals surface area contributed by atoms with E-state index in [0.717, 1.165) is 13.1 Å². The number of nitrogens with zero attached hydrogens (tertiary/aromatic N) is 2. The van der Waals surface area contributed by atoms with Gasteiger partial charge in [-0.3, -0.25) is 0 Å². The van der Waals surface area contributed by atoms with Crippen LogP contribution in [0, 0.1) is 0 Å². The molecule has 0 aliphatic carbocycles. The highest BCUT2D eigenvalue weighted by Crippen LogP contribution is 2.41. The second kappa shape index (κ2) is 1.91. The van der Waals surface area contributed by atoms with Crippen molar-refractivity contribution >= 4 is 0 Å². The van der Waals surface area contributed by atoms with Gasteiger partial charge in [-0.25, -0.2) is 4.98 Å². The van der Waals surface area contributed by atoms with Crippen molar-refractivity contribution in [2.75, 3.05) is 13.1 Å². The van der Waals surface area contributed by atoms with Gasteiger partial charge in [0.2, 0.25) is 0 Å². The van der Waals surface area contributed by atoms with Crippen LogP contribution in [0.3, 0.4) is 0 Å². The molecule has 3 nitrogen and oxygen atoms in total. The van der Waals surface area contributed by atoms with Crippen molar-refractivity contribution in [1.29, 1.82) is 0 Å². The fraction of sp³-hybridized carbons (Fsp3) is 0.667. The Balaban J connectivity index is 2.13. The van der Waals surface area contributed by atoms with Crippen LogP contribution < -0.4 is 5.32 Å². The largest absolute Gasteiger partial charge is 0.326 e. The molecule has 0 amide bonds. The molecule has 0 saturated carbocycles. The van der Waals surface area contributed by atoms with Gasteiger partial charge in [-0.2, -0.15) is 0 Å². The molecule has 64 valence electrons. The predicted molar refractivity (Wildman–Crippen MR) is 46.1 cm³/mol. The van der Waals surface area contributed by atoms with E-state index >= 15 is 0 Å². The first-order valence-corrected chi connectivity index (χ1v) is 4.56. The maximum absolute atomic E-state index is 4.39. The Labute approximate surface area is 71.8 Å². The van der Waals surface area contributed by atoms with Gasteiger partial charge in [0.05, 0.1) is 5.54 Å². The minimum Gasteiger partial charge on any atom is -0.326 e. The second-order valence-corrected chi connectivity index (χ2v) is 4.09. The molecule has 1 aromatic heterocycles. The first-order valence-electron chi connectivity index (χ1n) is 4.56. The molecule has 0 bridgehead atoms. The molecule has 1 spiro atoms. The summed E-state index contributed by atoms with van der Waals surface area (Å²) in [6.45, 7) is 4.52. The highest BCUT2D eigenvalue weighted by atomic mass is 15.2. The maximum atomic E-state index is 4.39. The highest BCUT2D eigenvalue weighted by molar-refractivity contribution is 5.17. The number of hydrogen-bond donors (Lipinski definition) is 1. The van der Waals surface area contributed by atoms with Crippen LogP contribution in [0.15, 0.2) is 12.4 Å². The van der Waals surface area contributed by atoms with E-state index in [1.807, 2.05) is 6.20 Å². The van der Waals surface area contributed by atoms with Crippen molar-refractivity contribution in [2.45, 2.75) is 24.8 Å². The first-order chi connectivity index (χ1) is 5.82. The smallest absolute Gasteiger partial charge is 0.112 e. The van der Waals surface area contributed by atoms with E-state index in [1.54, 1.807) is 0 Å². The summed E-state index contributed by atoms with van der Waals surface area (Å²) in [7, 11) is 0. The van der Waals surface area contributed by atoms with Crippen LogP contribution in [-0.2, 0) is 5.54 Å². The lowest BCUT2D eigenvalue weighted by atomic mass is 9.87. The standard InChI is InChI=1S/C9H13N3/c1-7-4-9(5-10-6-9)12-3-2-11-8(7)12/h2-3,7,10H,4-6H2,1H3. The minimum atomic E-state index is 0.394. The fourth-order valence-corrected chi connectivity index (χ4v) is 2.57. The lowest BCUT2D eigenvalue weighted by Gasteiger charge is -2.41. The summed E-state index contributed by atoms with van der Waals surface area (Å²) in [4.78, 5) is 4.39. The summed E-state index contributed by atoms with van der Waals surface area (Å²) in [6, 6.07) is 0. The van der Waals surface area contributed by atoms with Crippen LogP contribution >= 0.6 is 0 Å². The maximum Gasteiger partial charge on any atom is 0.112 e. The number of hydrogen-bond acceptors (Lipinski definition) is 2. The number of aromatic nitrogens is 2. The van der Waals surface area contributed by atoms with Crippen LogP contribution in [0.1, 0.15) is 25.1 Å². The van der Waals surface area contributed by atoms with Crippen LogP contribution in [0.2, 0.25) is 0 Å². The average molecular weight is 163 g/mol. The molecular formula is C9H13N3. The van der Waals surface area contributed by atoms with Gasteiger partial charge < -0.3 is 9.88 Å². The summed E-state index contributed by atoms with van der Waals surface area (Å²) < 4.78 is 2.37. The van der Waals surface area contributed by atoms with E-state index in [1.165, 1.54) is 12.2 Å². The number of nitrogens with one attached hydrogen (secondary N) is 1. The zero-order valence-corrected chi connectivity index (χ0v) is 7.25. The van der Waals surface area contributed by atoms with Crippen LogP contribution in [-0.4, -0.2) is 22.6 Å². The zero-order chi connectivity index (χ0) is 8.18. The monoisotopic (exact) mass is 163 g/mol. The van der Waals surface area contributed by atoms with Crippen molar-refractivity contribution in [2.24, 2.45) is 0 Å². The molecule has 2 aliphatic heterocycles. The summed E-state index contributed by atoms with van der Waals surface area (Å²) in [6.07, 6.45) is 5.31. The topological polar surface area (TPSA) is 29.9 Å². The Hall–Kier alpha value is -0.830. The molecule has 0 radical (unpaired) electrons. The molecule has 2 aliphatic rings. The predicted octanol–water partition coefficient (Wildman–Crippen LogP) is 0.689. The van der Waals surface area contributed by atoms with E-state index < -0.39 is 0 Å². The SMILES string of the molecule is CC1CC2(CNC2)n2ccnc21. The van der Waals surface area contributed by atoms with Gasteiger partial charge in [-0.05, 0) is 6.42 Å². The third-order valence-corrected chi connectivity index (χ3v) is 3.22. The highest BCUT2D eigenvalue weighted by Gasteiger charge is 2.46. The summed E-state index contributed by atoms with van der Waals surface area (Å²) >= 11 is 0. The number of fused-ring (bicyclic) bond motifs is 2. The van der Waals surface area contributed by atoms with Gasteiger partial charge >= 0.3 is 0 Å². The zero-order valence-electron chi connectivity index (χ0n) is 7.25. The summed E-state index contributed by atoms with van der Waals surface area (Å²) in [5.41, 5.74) is 0.394. The molecule has 1 fully saturated rings. The van der Waals surface area contributed by atoms with Gasteiger partial charge in [0.25, 0.3) is 0 Å². The van der Waals surface area contributed by atoms with Gasteiger partial charge in [-0.15, -0.1) is 0 Å². The molecule has 1 aromatic rings. The van der Waals surface area contributed by atoms with Crippen molar-refractivity contribution in [1.82, 2.24) is 14.9 Å². The molecule has 12 heavy (non-hydrogen) atoms. The van der Waals surface area contributed by atoms with Crippen molar-refractivity contribution < 1.29 is 0 Å². The van der Waals surface area contributed by atoms with Crippen LogP contribution in [0.25, 0.3) is 0 Å². The number of rotatable bonds is 0. The average Bonchev–Trinajstić information content (AvgIpc) is 2.49. The Morgan fingerprint density at radius 3 is 3.17 bits per heavy atom. The molecule has 1 unspecified atom stereocenters. The fourth-order valence-electron chi connectivity index (χ4n) is 2.57. The molecule has 3 heterocycles. The molecule has 3 heteroatoms. The van der Waals surface area contributed by atoms with Gasteiger partial charge in [0, 0.05) is 31.4 Å². The lowest BCUT2D eigenvalue weighted by Crippen LogP contribution is -2.58. The third kappa shape index (κ3) is 0.591. The third-order valence-electron chi connectivity index (χ3n) is 3.22. The summed E-state index contributed by atoms with van der Waals surface area (Å²) in [5, 5.41) is 3.35. The quantitative estimate of drug-likeness (QED) is 0.610. The lowest BCUT2D eigenvalue weighted by molar-refractivity contribution is 0.182. The van der Waals surface area contributed by atoms with Gasteiger partial charge in [0.15, 0.2) is 0 Å². The van der Waals surface area contributed by atoms with Crippen LogP contribution in [0.5, 0.6) is 0 Å².